The summed E-state index contributed by atoms with van der Waals surface area (Å²) in [7, 11) is 0. The zero-order chi connectivity index (χ0) is 12.1. The number of hydrogen-bond acceptors (Lipinski definition) is 3. The molecule has 0 radical (unpaired) electrons. The van der Waals surface area contributed by atoms with E-state index >= 15 is 0 Å². The van der Waals surface area contributed by atoms with Gasteiger partial charge < -0.3 is 9.29 Å². The van der Waals surface area contributed by atoms with Crippen LogP contribution in [0.2, 0.25) is 0 Å². The lowest BCUT2D eigenvalue weighted by atomic mass is 10.0. The van der Waals surface area contributed by atoms with Crippen molar-refractivity contribution < 1.29 is 18.3 Å². The number of hydrogen-bond donors (Lipinski definition) is 1. The first-order chi connectivity index (χ1) is 7.52. The van der Waals surface area contributed by atoms with Gasteiger partial charge in [-0.15, -0.1) is 0 Å². The van der Waals surface area contributed by atoms with E-state index in [0.717, 1.165) is 5.56 Å². The molecule has 0 heterocycles. The lowest BCUT2D eigenvalue weighted by Gasteiger charge is -2.20. The molecule has 1 aromatic carbocycles. The Hall–Kier alpha value is -1.20. The van der Waals surface area contributed by atoms with E-state index in [4.69, 9.17) is 9.29 Å². The normalized spacial score (nSPS) is 16.2. The molecule has 3 unspecified atom stereocenters. The zero-order valence-corrected chi connectivity index (χ0v) is 9.94. The van der Waals surface area contributed by atoms with Crippen LogP contribution in [0.1, 0.15) is 25.3 Å². The molecule has 88 valence electrons. The number of esters is 1. The smallest absolute Gasteiger partial charge is 0.303 e. The lowest BCUT2D eigenvalue weighted by molar-refractivity contribution is -0.143. The number of rotatable bonds is 4. The van der Waals surface area contributed by atoms with E-state index in [1.54, 1.807) is 6.92 Å². The van der Waals surface area contributed by atoms with Crippen molar-refractivity contribution in [1.82, 2.24) is 0 Å². The molecule has 0 spiro atoms. The highest BCUT2D eigenvalue weighted by molar-refractivity contribution is 7.79. The molecule has 5 heteroatoms. The van der Waals surface area contributed by atoms with Crippen molar-refractivity contribution in [3.63, 3.8) is 0 Å². The van der Waals surface area contributed by atoms with Crippen LogP contribution >= 0.6 is 0 Å². The maximum absolute atomic E-state index is 11.1. The van der Waals surface area contributed by atoms with Crippen LogP contribution in [0.4, 0.5) is 0 Å². The van der Waals surface area contributed by atoms with Crippen LogP contribution in [-0.2, 0) is 20.6 Å². The molecule has 0 aliphatic heterocycles. The van der Waals surface area contributed by atoms with Crippen molar-refractivity contribution in [2.24, 2.45) is 0 Å². The summed E-state index contributed by atoms with van der Waals surface area (Å²) >= 11 is -2.20. The zero-order valence-electron chi connectivity index (χ0n) is 9.12. The van der Waals surface area contributed by atoms with Crippen LogP contribution in [0.25, 0.3) is 0 Å². The summed E-state index contributed by atoms with van der Waals surface area (Å²) in [6, 6.07) is 9.17. The molecule has 0 saturated carbocycles. The van der Waals surface area contributed by atoms with Gasteiger partial charge in [0, 0.05) is 12.8 Å². The van der Waals surface area contributed by atoms with E-state index in [0.29, 0.717) is 0 Å². The minimum atomic E-state index is -2.20. The second-order valence-electron chi connectivity index (χ2n) is 3.45. The van der Waals surface area contributed by atoms with E-state index in [1.165, 1.54) is 6.92 Å². The highest BCUT2D eigenvalue weighted by Gasteiger charge is 2.26. The standard InChI is InChI=1S/C11H14O4S/c1-8(10-6-4-3-5-7-10)11(16(13)14)15-9(2)12/h3-8,11H,1-2H3,(H,13,14). The van der Waals surface area contributed by atoms with Crippen LogP contribution in [0.15, 0.2) is 30.3 Å². The molecule has 1 N–H and O–H groups in total. The Labute approximate surface area is 96.9 Å². The first-order valence-corrected chi connectivity index (χ1v) is 6.01. The van der Waals surface area contributed by atoms with Gasteiger partial charge in [-0.2, -0.15) is 0 Å². The quantitative estimate of drug-likeness (QED) is 0.647. The maximum atomic E-state index is 11.1. The molecule has 1 rings (SSSR count). The summed E-state index contributed by atoms with van der Waals surface area (Å²) in [6.07, 6.45) is 0. The summed E-state index contributed by atoms with van der Waals surface area (Å²) < 4.78 is 25.0. The van der Waals surface area contributed by atoms with Gasteiger partial charge >= 0.3 is 5.97 Å². The van der Waals surface area contributed by atoms with E-state index < -0.39 is 22.5 Å². The summed E-state index contributed by atoms with van der Waals surface area (Å²) in [5.74, 6) is -0.883. The molecule has 0 saturated heterocycles. The Morgan fingerprint density at radius 3 is 2.38 bits per heavy atom. The van der Waals surface area contributed by atoms with E-state index in [1.807, 2.05) is 30.3 Å². The van der Waals surface area contributed by atoms with Crippen molar-refractivity contribution in [2.75, 3.05) is 0 Å². The van der Waals surface area contributed by atoms with Gasteiger partial charge in [-0.05, 0) is 5.56 Å². The summed E-state index contributed by atoms with van der Waals surface area (Å²) in [4.78, 5) is 10.8. The molecule has 0 aliphatic carbocycles. The third-order valence-corrected chi connectivity index (χ3v) is 3.12. The summed E-state index contributed by atoms with van der Waals surface area (Å²) in [5, 5.41) is 0. The monoisotopic (exact) mass is 242 g/mol. The van der Waals surface area contributed by atoms with Crippen molar-refractivity contribution >= 4 is 17.0 Å². The largest absolute Gasteiger partial charge is 0.446 e. The Balaban J connectivity index is 2.87. The molecule has 3 atom stereocenters. The van der Waals surface area contributed by atoms with Crippen molar-refractivity contribution in [3.8, 4) is 0 Å². The predicted molar refractivity (Wildman–Crippen MR) is 61.2 cm³/mol. The lowest BCUT2D eigenvalue weighted by Crippen LogP contribution is -2.27. The second kappa shape index (κ2) is 5.77. The molecule has 0 aromatic heterocycles. The topological polar surface area (TPSA) is 63.6 Å². The first-order valence-electron chi connectivity index (χ1n) is 4.84. The summed E-state index contributed by atoms with van der Waals surface area (Å²) in [5.41, 5.74) is -0.170. The molecule has 0 fully saturated rings. The minimum Gasteiger partial charge on any atom is -0.446 e. The Morgan fingerprint density at radius 2 is 1.94 bits per heavy atom. The van der Waals surface area contributed by atoms with Gasteiger partial charge in [0.2, 0.25) is 5.44 Å². The second-order valence-corrected chi connectivity index (χ2v) is 4.47. The number of carbonyl (C=O) groups is 1. The van der Waals surface area contributed by atoms with Gasteiger partial charge in [-0.3, -0.25) is 4.79 Å². The molecular formula is C11H14O4S. The molecule has 0 amide bonds. The van der Waals surface area contributed by atoms with Crippen LogP contribution in [-0.4, -0.2) is 20.2 Å². The van der Waals surface area contributed by atoms with Crippen LogP contribution in [0.5, 0.6) is 0 Å². The van der Waals surface area contributed by atoms with Gasteiger partial charge in [-0.1, -0.05) is 37.3 Å². The van der Waals surface area contributed by atoms with Gasteiger partial charge in [0.1, 0.15) is 0 Å². The van der Waals surface area contributed by atoms with Crippen molar-refractivity contribution in [3.05, 3.63) is 35.9 Å². The Kier molecular flexibility index (Phi) is 4.64. The van der Waals surface area contributed by atoms with E-state index in [2.05, 4.69) is 0 Å². The predicted octanol–water partition coefficient (Wildman–Crippen LogP) is 1.90. The first kappa shape index (κ1) is 12.9. The third kappa shape index (κ3) is 3.43. The third-order valence-electron chi connectivity index (χ3n) is 2.21. The summed E-state index contributed by atoms with van der Waals surface area (Å²) in [6.45, 7) is 2.97. The number of benzene rings is 1. The van der Waals surface area contributed by atoms with E-state index in [9.17, 15) is 9.00 Å². The number of ether oxygens (including phenoxy) is 1. The molecular weight excluding hydrogens is 228 g/mol. The molecule has 0 bridgehead atoms. The van der Waals surface area contributed by atoms with Crippen LogP contribution in [0, 0.1) is 0 Å². The van der Waals surface area contributed by atoms with Gasteiger partial charge in [0.05, 0.1) is 0 Å². The molecule has 4 nitrogen and oxygen atoms in total. The maximum Gasteiger partial charge on any atom is 0.303 e. The molecule has 16 heavy (non-hydrogen) atoms. The van der Waals surface area contributed by atoms with Crippen molar-refractivity contribution in [1.29, 1.82) is 0 Å². The Bertz CT molecular complexity index is 377. The van der Waals surface area contributed by atoms with Crippen LogP contribution < -0.4 is 0 Å². The van der Waals surface area contributed by atoms with Crippen molar-refractivity contribution in [2.45, 2.75) is 25.2 Å². The van der Waals surface area contributed by atoms with Crippen LogP contribution in [0.3, 0.4) is 0 Å². The van der Waals surface area contributed by atoms with Gasteiger partial charge in [0.25, 0.3) is 0 Å². The fourth-order valence-corrected chi connectivity index (χ4v) is 2.12. The fraction of sp³-hybridized carbons (Fsp3) is 0.364. The Morgan fingerprint density at radius 1 is 1.38 bits per heavy atom. The van der Waals surface area contributed by atoms with Gasteiger partial charge in [-0.25, -0.2) is 4.21 Å². The minimum absolute atomic E-state index is 0.323. The highest BCUT2D eigenvalue weighted by Crippen LogP contribution is 2.23. The van der Waals surface area contributed by atoms with Gasteiger partial charge in [0.15, 0.2) is 11.1 Å². The molecule has 1 aromatic rings. The average Bonchev–Trinajstić information content (AvgIpc) is 2.25. The SMILES string of the molecule is CC(=O)OC(C(C)c1ccccc1)S(=O)O. The molecule has 0 aliphatic rings. The highest BCUT2D eigenvalue weighted by atomic mass is 32.2. The number of carbonyl (C=O) groups excluding carboxylic acids is 1. The fourth-order valence-electron chi connectivity index (χ4n) is 1.40. The van der Waals surface area contributed by atoms with E-state index in [-0.39, 0.29) is 5.92 Å². The average molecular weight is 242 g/mol.